The van der Waals surface area contributed by atoms with Crippen molar-refractivity contribution in [2.45, 2.75) is 35.1 Å². The van der Waals surface area contributed by atoms with E-state index in [1.165, 1.54) is 6.92 Å². The van der Waals surface area contributed by atoms with Crippen LogP contribution in [-0.4, -0.2) is 40.7 Å². The van der Waals surface area contributed by atoms with Gasteiger partial charge in [-0.05, 0) is 0 Å². The predicted octanol–water partition coefficient (Wildman–Crippen LogP) is 1.20. The number of hydrogen-bond donors (Lipinski definition) is 0. The minimum atomic E-state index is -0.307. The number of rotatable bonds is 1. The van der Waals surface area contributed by atoms with E-state index in [0.29, 0.717) is 6.61 Å². The highest BCUT2D eigenvalue weighted by atomic mass is 79.9. The number of esters is 1. The van der Waals surface area contributed by atoms with E-state index in [-0.39, 0.29) is 34.1 Å². The van der Waals surface area contributed by atoms with Gasteiger partial charge in [-0.15, -0.1) is 0 Å². The summed E-state index contributed by atoms with van der Waals surface area (Å²) >= 11 is 6.88. The fourth-order valence-corrected chi connectivity index (χ4v) is 3.48. The highest BCUT2D eigenvalue weighted by Crippen LogP contribution is 2.37. The number of halogens is 2. The molecular formula is C8H10Br2O4. The first-order valence-corrected chi connectivity index (χ1v) is 6.15. The van der Waals surface area contributed by atoms with E-state index >= 15 is 0 Å². The Hall–Kier alpha value is 0.350. The Morgan fingerprint density at radius 1 is 1.43 bits per heavy atom. The Labute approximate surface area is 98.5 Å². The Kier molecular flexibility index (Phi) is 3.16. The molecule has 5 atom stereocenters. The topological polar surface area (TPSA) is 44.8 Å². The molecule has 0 unspecified atom stereocenters. The molecule has 2 aliphatic rings. The van der Waals surface area contributed by atoms with Crippen LogP contribution >= 0.6 is 31.9 Å². The van der Waals surface area contributed by atoms with Crippen molar-refractivity contribution in [3.63, 3.8) is 0 Å². The number of fused-ring (bicyclic) bond motifs is 2. The Morgan fingerprint density at radius 3 is 2.79 bits per heavy atom. The molecule has 2 aliphatic heterocycles. The number of carbonyl (C=O) groups is 1. The molecular weight excluding hydrogens is 320 g/mol. The quantitative estimate of drug-likeness (QED) is 0.535. The summed E-state index contributed by atoms with van der Waals surface area (Å²) in [5, 5.41) is 0. The van der Waals surface area contributed by atoms with Gasteiger partial charge in [0.2, 0.25) is 0 Å². The van der Waals surface area contributed by atoms with Crippen LogP contribution in [0.4, 0.5) is 0 Å². The fourth-order valence-electron chi connectivity index (χ4n) is 1.64. The molecule has 4 nitrogen and oxygen atoms in total. The van der Waals surface area contributed by atoms with Crippen LogP contribution in [0.1, 0.15) is 6.92 Å². The minimum absolute atomic E-state index is 0.0190. The van der Waals surface area contributed by atoms with Gasteiger partial charge < -0.3 is 14.2 Å². The zero-order valence-corrected chi connectivity index (χ0v) is 10.7. The average molecular weight is 330 g/mol. The highest BCUT2D eigenvalue weighted by Gasteiger charge is 2.50. The normalized spacial score (nSPS) is 46.4. The summed E-state index contributed by atoms with van der Waals surface area (Å²) in [6.07, 6.45) is -0.574. The molecule has 0 radical (unpaired) electrons. The van der Waals surface area contributed by atoms with E-state index in [9.17, 15) is 4.79 Å². The molecule has 2 rings (SSSR count). The summed E-state index contributed by atoms with van der Waals surface area (Å²) in [6.45, 7) is 1.94. The largest absolute Gasteiger partial charge is 0.460 e. The van der Waals surface area contributed by atoms with Crippen LogP contribution < -0.4 is 0 Å². The van der Waals surface area contributed by atoms with Gasteiger partial charge in [0.25, 0.3) is 0 Å². The van der Waals surface area contributed by atoms with Gasteiger partial charge in [-0.2, -0.15) is 0 Å². The lowest BCUT2D eigenvalue weighted by Gasteiger charge is -2.34. The third kappa shape index (κ3) is 1.85. The van der Waals surface area contributed by atoms with Crippen molar-refractivity contribution in [2.24, 2.45) is 0 Å². The maximum Gasteiger partial charge on any atom is 0.302 e. The van der Waals surface area contributed by atoms with Gasteiger partial charge in [0, 0.05) is 6.92 Å². The third-order valence-electron chi connectivity index (χ3n) is 2.28. The third-order valence-corrected chi connectivity index (χ3v) is 4.34. The molecule has 6 heteroatoms. The van der Waals surface area contributed by atoms with Crippen molar-refractivity contribution >= 4 is 37.8 Å². The van der Waals surface area contributed by atoms with Gasteiger partial charge in [-0.3, -0.25) is 4.79 Å². The van der Waals surface area contributed by atoms with Gasteiger partial charge in [-0.25, -0.2) is 0 Å². The monoisotopic (exact) mass is 328 g/mol. The molecule has 0 aromatic carbocycles. The van der Waals surface area contributed by atoms with Crippen molar-refractivity contribution in [2.75, 3.05) is 6.61 Å². The van der Waals surface area contributed by atoms with E-state index in [2.05, 4.69) is 31.9 Å². The van der Waals surface area contributed by atoms with E-state index in [1.54, 1.807) is 0 Å². The van der Waals surface area contributed by atoms with Crippen LogP contribution in [0, 0.1) is 0 Å². The van der Waals surface area contributed by atoms with Crippen LogP contribution in [0.5, 0.6) is 0 Å². The average Bonchev–Trinajstić information content (AvgIpc) is 2.55. The molecule has 0 amide bonds. The maximum atomic E-state index is 10.9. The molecule has 0 aromatic heterocycles. The van der Waals surface area contributed by atoms with Crippen LogP contribution in [0.15, 0.2) is 0 Å². The smallest absolute Gasteiger partial charge is 0.302 e. The maximum absolute atomic E-state index is 10.9. The van der Waals surface area contributed by atoms with Gasteiger partial charge in [0.05, 0.1) is 11.4 Å². The first-order valence-electron chi connectivity index (χ1n) is 4.32. The molecule has 2 saturated heterocycles. The van der Waals surface area contributed by atoms with Crippen LogP contribution in [0.3, 0.4) is 0 Å². The van der Waals surface area contributed by atoms with E-state index in [4.69, 9.17) is 14.2 Å². The molecule has 2 bridgehead atoms. The molecule has 80 valence electrons. The SMILES string of the molecule is CC(=O)O[C@@H]1[C@@H](Br)[C@@H]2OC[C@@H](O2)[C@H]1Br. The Morgan fingerprint density at radius 2 is 2.14 bits per heavy atom. The Bertz CT molecular complexity index is 231. The van der Waals surface area contributed by atoms with Crippen molar-refractivity contribution in [1.82, 2.24) is 0 Å². The molecule has 2 heterocycles. The fraction of sp³-hybridized carbons (Fsp3) is 0.875. The van der Waals surface area contributed by atoms with Crippen LogP contribution in [-0.2, 0) is 19.0 Å². The first kappa shape index (κ1) is 10.9. The summed E-state index contributed by atoms with van der Waals surface area (Å²) in [5.74, 6) is -0.287. The highest BCUT2D eigenvalue weighted by molar-refractivity contribution is 9.10. The minimum Gasteiger partial charge on any atom is -0.460 e. The van der Waals surface area contributed by atoms with Gasteiger partial charge >= 0.3 is 5.97 Å². The standard InChI is InChI=1S/C8H10Br2O4/c1-3(11)13-7-5(9)4-2-12-8(14-4)6(7)10/h4-8H,2H2,1H3/t4-,5-,6-,7+,8-/m1/s1. The second-order valence-electron chi connectivity index (χ2n) is 3.34. The predicted molar refractivity (Wildman–Crippen MR) is 55.6 cm³/mol. The van der Waals surface area contributed by atoms with E-state index < -0.39 is 0 Å². The molecule has 0 saturated carbocycles. The summed E-state index contributed by atoms with van der Waals surface area (Å²) < 4.78 is 16.1. The lowest BCUT2D eigenvalue weighted by molar-refractivity contribution is -0.158. The van der Waals surface area contributed by atoms with E-state index in [0.717, 1.165) is 0 Å². The number of carbonyl (C=O) groups excluding carboxylic acids is 1. The van der Waals surface area contributed by atoms with Crippen molar-refractivity contribution in [1.29, 1.82) is 0 Å². The molecule has 2 fully saturated rings. The molecule has 0 aromatic rings. The number of ether oxygens (including phenoxy) is 3. The summed E-state index contributed by atoms with van der Waals surface area (Å²) in [6, 6.07) is 0. The van der Waals surface area contributed by atoms with Gasteiger partial charge in [0.15, 0.2) is 6.29 Å². The lowest BCUT2D eigenvalue weighted by atomic mass is 10.1. The first-order chi connectivity index (χ1) is 6.59. The van der Waals surface area contributed by atoms with Crippen LogP contribution in [0.2, 0.25) is 0 Å². The van der Waals surface area contributed by atoms with Crippen LogP contribution in [0.25, 0.3) is 0 Å². The Balaban J connectivity index is 2.10. The molecule has 14 heavy (non-hydrogen) atoms. The zero-order valence-electron chi connectivity index (χ0n) is 7.48. The zero-order chi connectivity index (χ0) is 10.3. The molecule has 0 N–H and O–H groups in total. The second kappa shape index (κ2) is 4.08. The van der Waals surface area contributed by atoms with Crippen molar-refractivity contribution in [3.05, 3.63) is 0 Å². The second-order valence-corrected chi connectivity index (χ2v) is 5.45. The lowest BCUT2D eigenvalue weighted by Crippen LogP contribution is -2.50. The van der Waals surface area contributed by atoms with Crippen molar-refractivity contribution in [3.8, 4) is 0 Å². The summed E-state index contributed by atoms with van der Waals surface area (Å²) in [5.41, 5.74) is 0. The number of hydrogen-bond acceptors (Lipinski definition) is 4. The summed E-state index contributed by atoms with van der Waals surface area (Å²) in [7, 11) is 0. The van der Waals surface area contributed by atoms with Crippen molar-refractivity contribution < 1.29 is 19.0 Å². The van der Waals surface area contributed by atoms with E-state index in [1.807, 2.05) is 0 Å². The number of alkyl halides is 2. The molecule has 0 spiro atoms. The summed E-state index contributed by atoms with van der Waals surface area (Å²) in [4.78, 5) is 10.8. The van der Waals surface area contributed by atoms with Gasteiger partial charge in [-0.1, -0.05) is 31.9 Å². The molecule has 0 aliphatic carbocycles. The van der Waals surface area contributed by atoms with Gasteiger partial charge in [0.1, 0.15) is 17.0 Å².